The van der Waals surface area contributed by atoms with E-state index in [4.69, 9.17) is 9.61 Å². The van der Waals surface area contributed by atoms with Gasteiger partial charge in [-0.1, -0.05) is 5.16 Å². The van der Waals surface area contributed by atoms with E-state index in [1.807, 2.05) is 6.07 Å². The SMILES string of the molecule is O=C(N[C@H](c1cn2ncc(C[C@@H]3CCNC3=O)cc2n1)C1CCC(F)(F)CC1)c1nonc1C1CC1. The highest BCUT2D eigenvalue weighted by molar-refractivity contribution is 5.93. The van der Waals surface area contributed by atoms with E-state index in [0.29, 0.717) is 30.0 Å². The third-order valence-corrected chi connectivity index (χ3v) is 7.57. The van der Waals surface area contributed by atoms with Gasteiger partial charge < -0.3 is 10.6 Å². The van der Waals surface area contributed by atoms with Crippen LogP contribution in [0.25, 0.3) is 5.65 Å². The van der Waals surface area contributed by atoms with E-state index in [2.05, 4.69) is 26.0 Å². The Morgan fingerprint density at radius 2 is 2.03 bits per heavy atom. The molecule has 2 atom stereocenters. The molecule has 0 radical (unpaired) electrons. The number of halogens is 2. The number of nitrogens with one attached hydrogen (secondary N) is 2. The fourth-order valence-electron chi connectivity index (χ4n) is 5.34. The zero-order valence-electron chi connectivity index (χ0n) is 19.6. The number of aromatic nitrogens is 5. The zero-order valence-corrected chi connectivity index (χ0v) is 19.6. The largest absolute Gasteiger partial charge is 0.356 e. The average molecular weight is 500 g/mol. The Morgan fingerprint density at radius 3 is 2.75 bits per heavy atom. The van der Waals surface area contributed by atoms with Crippen molar-refractivity contribution in [2.75, 3.05) is 6.54 Å². The molecule has 36 heavy (non-hydrogen) atoms. The highest BCUT2D eigenvalue weighted by atomic mass is 19.3. The number of carbonyl (C=O) groups excluding carboxylic acids is 2. The van der Waals surface area contributed by atoms with Crippen LogP contribution in [-0.4, -0.2) is 49.2 Å². The van der Waals surface area contributed by atoms with Crippen molar-refractivity contribution in [1.29, 1.82) is 0 Å². The van der Waals surface area contributed by atoms with Crippen LogP contribution in [0.2, 0.25) is 0 Å². The predicted octanol–water partition coefficient (Wildman–Crippen LogP) is 2.96. The Hall–Kier alpha value is -3.44. The Kier molecular flexibility index (Phi) is 5.68. The monoisotopic (exact) mass is 499 g/mol. The van der Waals surface area contributed by atoms with Crippen LogP contribution in [0.1, 0.15) is 84.3 Å². The van der Waals surface area contributed by atoms with Gasteiger partial charge in [0.1, 0.15) is 5.69 Å². The lowest BCUT2D eigenvalue weighted by Crippen LogP contribution is -2.37. The molecule has 190 valence electrons. The van der Waals surface area contributed by atoms with E-state index in [1.54, 1.807) is 16.9 Å². The van der Waals surface area contributed by atoms with Crippen LogP contribution < -0.4 is 10.6 Å². The summed E-state index contributed by atoms with van der Waals surface area (Å²) in [4.78, 5) is 29.9. The molecule has 3 aromatic heterocycles. The molecule has 0 bridgehead atoms. The first-order chi connectivity index (χ1) is 17.4. The van der Waals surface area contributed by atoms with Gasteiger partial charge in [0, 0.05) is 31.2 Å². The third kappa shape index (κ3) is 4.56. The van der Waals surface area contributed by atoms with E-state index < -0.39 is 17.9 Å². The maximum atomic E-state index is 13.9. The number of hydrogen-bond donors (Lipinski definition) is 2. The first kappa shape index (κ1) is 23.0. The minimum Gasteiger partial charge on any atom is -0.356 e. The molecule has 0 unspecified atom stereocenters. The summed E-state index contributed by atoms with van der Waals surface area (Å²) in [6, 6.07) is 1.28. The van der Waals surface area contributed by atoms with Crippen molar-refractivity contribution in [2.24, 2.45) is 11.8 Å². The highest BCUT2D eigenvalue weighted by Crippen LogP contribution is 2.42. The van der Waals surface area contributed by atoms with E-state index >= 15 is 0 Å². The van der Waals surface area contributed by atoms with Gasteiger partial charge in [0.05, 0.1) is 24.1 Å². The molecule has 6 rings (SSSR count). The summed E-state index contributed by atoms with van der Waals surface area (Å²) >= 11 is 0. The average Bonchev–Trinajstić information content (AvgIpc) is 3.23. The molecule has 1 saturated heterocycles. The molecule has 10 nitrogen and oxygen atoms in total. The van der Waals surface area contributed by atoms with Crippen LogP contribution >= 0.6 is 0 Å². The van der Waals surface area contributed by atoms with Gasteiger partial charge in [0.15, 0.2) is 11.3 Å². The third-order valence-electron chi connectivity index (χ3n) is 7.57. The van der Waals surface area contributed by atoms with E-state index in [1.165, 1.54) is 0 Å². The van der Waals surface area contributed by atoms with Gasteiger partial charge in [0.2, 0.25) is 11.8 Å². The maximum absolute atomic E-state index is 13.9. The second kappa shape index (κ2) is 8.90. The minimum absolute atomic E-state index is 0.0451. The van der Waals surface area contributed by atoms with Crippen molar-refractivity contribution < 1.29 is 23.0 Å². The van der Waals surface area contributed by atoms with Gasteiger partial charge in [-0.2, -0.15) is 5.10 Å². The lowest BCUT2D eigenvalue weighted by atomic mass is 9.81. The van der Waals surface area contributed by atoms with Gasteiger partial charge >= 0.3 is 0 Å². The molecule has 3 fully saturated rings. The lowest BCUT2D eigenvalue weighted by molar-refractivity contribution is -0.122. The summed E-state index contributed by atoms with van der Waals surface area (Å²) in [6.45, 7) is 0.679. The summed E-state index contributed by atoms with van der Waals surface area (Å²) < 4.78 is 34.3. The first-order valence-corrected chi connectivity index (χ1v) is 12.5. The number of amides is 2. The minimum atomic E-state index is -2.69. The highest BCUT2D eigenvalue weighted by Gasteiger charge is 2.40. The molecule has 0 aromatic carbocycles. The van der Waals surface area contributed by atoms with Gasteiger partial charge in [-0.05, 0) is 61.2 Å². The molecular formula is C24H27F2N7O3. The number of fused-ring (bicyclic) bond motifs is 1. The Balaban J connectivity index is 1.27. The number of hydrogen-bond acceptors (Lipinski definition) is 7. The van der Waals surface area contributed by atoms with Gasteiger partial charge in [-0.3, -0.25) is 9.59 Å². The molecule has 0 spiro atoms. The molecule has 4 heterocycles. The Morgan fingerprint density at radius 1 is 1.22 bits per heavy atom. The molecule has 3 aliphatic rings. The van der Waals surface area contributed by atoms with Crippen LogP contribution in [0.5, 0.6) is 0 Å². The Labute approximate surface area is 205 Å². The molecular weight excluding hydrogens is 472 g/mol. The summed E-state index contributed by atoms with van der Waals surface area (Å²) in [5.41, 5.74) is 2.69. The summed E-state index contributed by atoms with van der Waals surface area (Å²) in [5.74, 6) is -3.23. The van der Waals surface area contributed by atoms with Crippen molar-refractivity contribution in [3.8, 4) is 0 Å². The number of alkyl halides is 2. The molecule has 2 saturated carbocycles. The standard InChI is InChI=1S/C24H27F2N7O3/c25-24(26)6-3-15(4-7-24)19(30-23(35)21-20(14-1-2-14)31-36-32-21)17-12-33-18(29-17)10-13(11-28-33)9-16-5-8-27-22(16)34/h10-12,14-16,19H,1-9H2,(H,27,34)(H,30,35)/t16-,19-/m0/s1. The van der Waals surface area contributed by atoms with Crippen molar-refractivity contribution in [3.05, 3.63) is 41.1 Å². The molecule has 12 heteroatoms. The first-order valence-electron chi connectivity index (χ1n) is 12.5. The smallest absolute Gasteiger partial charge is 0.276 e. The van der Waals surface area contributed by atoms with Crippen molar-refractivity contribution in [1.82, 2.24) is 35.5 Å². The van der Waals surface area contributed by atoms with Gasteiger partial charge in [-0.15, -0.1) is 0 Å². The second-order valence-corrected chi connectivity index (χ2v) is 10.2. The summed E-state index contributed by atoms with van der Waals surface area (Å²) in [6.07, 6.45) is 6.69. The van der Waals surface area contributed by atoms with Crippen molar-refractivity contribution >= 4 is 17.5 Å². The zero-order chi connectivity index (χ0) is 24.9. The maximum Gasteiger partial charge on any atom is 0.276 e. The van der Waals surface area contributed by atoms with E-state index in [-0.39, 0.29) is 55.0 Å². The topological polar surface area (TPSA) is 127 Å². The molecule has 2 aliphatic carbocycles. The van der Waals surface area contributed by atoms with Gasteiger partial charge in [-0.25, -0.2) is 22.9 Å². The summed E-state index contributed by atoms with van der Waals surface area (Å²) in [5, 5.41) is 18.0. The molecule has 3 aromatic rings. The number of rotatable bonds is 7. The molecule has 2 N–H and O–H groups in total. The fraction of sp³-hybridized carbons (Fsp3) is 0.583. The van der Waals surface area contributed by atoms with Crippen LogP contribution in [0.4, 0.5) is 8.78 Å². The number of imidazole rings is 1. The van der Waals surface area contributed by atoms with Crippen molar-refractivity contribution in [3.63, 3.8) is 0 Å². The van der Waals surface area contributed by atoms with Crippen LogP contribution in [0.15, 0.2) is 23.1 Å². The van der Waals surface area contributed by atoms with Gasteiger partial charge in [0.25, 0.3) is 5.91 Å². The molecule has 1 aliphatic heterocycles. The van der Waals surface area contributed by atoms with Crippen molar-refractivity contribution in [2.45, 2.75) is 69.2 Å². The Bertz CT molecular complexity index is 1290. The normalized spacial score (nSPS) is 23.1. The van der Waals surface area contributed by atoms with Crippen LogP contribution in [-0.2, 0) is 11.2 Å². The fourth-order valence-corrected chi connectivity index (χ4v) is 5.34. The lowest BCUT2D eigenvalue weighted by Gasteiger charge is -2.33. The molecule has 2 amide bonds. The summed E-state index contributed by atoms with van der Waals surface area (Å²) in [7, 11) is 0. The van der Waals surface area contributed by atoms with Crippen LogP contribution in [0, 0.1) is 11.8 Å². The number of carbonyl (C=O) groups is 2. The van der Waals surface area contributed by atoms with E-state index in [0.717, 1.165) is 24.8 Å². The predicted molar refractivity (Wildman–Crippen MR) is 121 cm³/mol. The van der Waals surface area contributed by atoms with E-state index in [9.17, 15) is 18.4 Å². The quantitative estimate of drug-likeness (QED) is 0.512. The van der Waals surface area contributed by atoms with Crippen LogP contribution in [0.3, 0.4) is 0 Å². The number of nitrogens with zero attached hydrogens (tertiary/aromatic N) is 5. The second-order valence-electron chi connectivity index (χ2n) is 10.2.